The molecule has 0 radical (unpaired) electrons. The number of halogens is 2. The molecule has 5 heteroatoms. The summed E-state index contributed by atoms with van der Waals surface area (Å²) in [5.74, 6) is -1.32. The fourth-order valence-electron chi connectivity index (χ4n) is 1.79. The number of aromatic hydroxyl groups is 1. The van der Waals surface area contributed by atoms with E-state index in [1.54, 1.807) is 12.1 Å². The third kappa shape index (κ3) is 3.27. The van der Waals surface area contributed by atoms with E-state index in [1.807, 2.05) is 12.1 Å². The van der Waals surface area contributed by atoms with Crippen LogP contribution in [0.3, 0.4) is 0 Å². The summed E-state index contributed by atoms with van der Waals surface area (Å²) in [5, 5.41) is 12.1. The van der Waals surface area contributed by atoms with Crippen molar-refractivity contribution < 1.29 is 14.3 Å². The van der Waals surface area contributed by atoms with Crippen LogP contribution in [-0.4, -0.2) is 16.9 Å². The maximum atomic E-state index is 13.5. The zero-order valence-corrected chi connectivity index (χ0v) is 11.3. The number of rotatable bonds is 4. The Balaban J connectivity index is 2.15. The molecular formula is C15H13ClFNO2. The van der Waals surface area contributed by atoms with Crippen LogP contribution in [0.2, 0.25) is 0 Å². The van der Waals surface area contributed by atoms with Gasteiger partial charge in [0.25, 0.3) is 5.91 Å². The molecule has 1 amide bonds. The number of anilines is 1. The highest BCUT2D eigenvalue weighted by Crippen LogP contribution is 2.21. The average Bonchev–Trinajstić information content (AvgIpc) is 2.41. The van der Waals surface area contributed by atoms with E-state index in [1.165, 1.54) is 12.1 Å². The van der Waals surface area contributed by atoms with Crippen LogP contribution in [0.25, 0.3) is 0 Å². The van der Waals surface area contributed by atoms with Gasteiger partial charge in [-0.15, -0.1) is 11.6 Å². The van der Waals surface area contributed by atoms with Gasteiger partial charge in [-0.2, -0.15) is 0 Å². The smallest absolute Gasteiger partial charge is 0.262 e. The Hall–Kier alpha value is -2.07. The first-order valence-electron chi connectivity index (χ1n) is 6.05. The predicted octanol–water partition coefficient (Wildman–Crippen LogP) is 3.56. The van der Waals surface area contributed by atoms with Crippen LogP contribution >= 0.6 is 11.6 Å². The first-order chi connectivity index (χ1) is 9.61. The fraction of sp³-hybridized carbons (Fsp3) is 0.133. The number of hydrogen-bond acceptors (Lipinski definition) is 2. The van der Waals surface area contributed by atoms with Crippen molar-refractivity contribution in [2.75, 3.05) is 11.2 Å². The van der Waals surface area contributed by atoms with Crippen molar-refractivity contribution in [2.24, 2.45) is 0 Å². The van der Waals surface area contributed by atoms with Crippen LogP contribution in [0.4, 0.5) is 10.1 Å². The summed E-state index contributed by atoms with van der Waals surface area (Å²) in [6.45, 7) is 0. The topological polar surface area (TPSA) is 49.3 Å². The van der Waals surface area contributed by atoms with Gasteiger partial charge in [-0.05, 0) is 36.2 Å². The van der Waals surface area contributed by atoms with Crippen LogP contribution in [0, 0.1) is 5.82 Å². The van der Waals surface area contributed by atoms with Gasteiger partial charge in [-0.3, -0.25) is 4.79 Å². The Kier molecular flexibility index (Phi) is 4.58. The molecular weight excluding hydrogens is 281 g/mol. The zero-order chi connectivity index (χ0) is 14.5. The second-order valence-electron chi connectivity index (χ2n) is 4.22. The lowest BCUT2D eigenvalue weighted by molar-refractivity contribution is 0.102. The van der Waals surface area contributed by atoms with E-state index in [9.17, 15) is 14.3 Å². The van der Waals surface area contributed by atoms with Gasteiger partial charge in [0.1, 0.15) is 17.1 Å². The molecule has 0 aliphatic heterocycles. The second kappa shape index (κ2) is 6.39. The molecule has 0 unspecified atom stereocenters. The van der Waals surface area contributed by atoms with Gasteiger partial charge in [-0.25, -0.2) is 4.39 Å². The van der Waals surface area contributed by atoms with Crippen molar-refractivity contribution in [3.63, 3.8) is 0 Å². The summed E-state index contributed by atoms with van der Waals surface area (Å²) in [4.78, 5) is 11.9. The number of aryl methyl sites for hydroxylation is 1. The van der Waals surface area contributed by atoms with Crippen molar-refractivity contribution in [2.45, 2.75) is 6.42 Å². The summed E-state index contributed by atoms with van der Waals surface area (Å²) in [5.41, 5.74) is 1.21. The number of phenolic OH excluding ortho intramolecular Hbond substituents is 1. The summed E-state index contributed by atoms with van der Waals surface area (Å²) in [7, 11) is 0. The molecule has 3 nitrogen and oxygen atoms in total. The molecule has 0 bridgehead atoms. The maximum Gasteiger partial charge on any atom is 0.262 e. The number of alkyl halides is 1. The number of carbonyl (C=O) groups is 1. The van der Waals surface area contributed by atoms with Crippen LogP contribution in [0.5, 0.6) is 5.75 Å². The number of nitrogens with one attached hydrogen (secondary N) is 1. The van der Waals surface area contributed by atoms with E-state index in [0.29, 0.717) is 11.6 Å². The lowest BCUT2D eigenvalue weighted by atomic mass is 10.1. The minimum atomic E-state index is -0.763. The minimum Gasteiger partial charge on any atom is -0.507 e. The highest BCUT2D eigenvalue weighted by atomic mass is 35.5. The largest absolute Gasteiger partial charge is 0.507 e. The number of carbonyl (C=O) groups excluding carboxylic acids is 1. The highest BCUT2D eigenvalue weighted by molar-refractivity contribution is 6.18. The first kappa shape index (κ1) is 14.3. The Morgan fingerprint density at radius 3 is 2.50 bits per heavy atom. The SMILES string of the molecule is O=C(Nc1ccc(CCCl)cc1)c1c(O)cccc1F. The van der Waals surface area contributed by atoms with Crippen LogP contribution in [0.1, 0.15) is 15.9 Å². The van der Waals surface area contributed by atoms with Gasteiger partial charge < -0.3 is 10.4 Å². The fourth-order valence-corrected chi connectivity index (χ4v) is 2.01. The number of phenols is 1. The Labute approximate surface area is 121 Å². The molecule has 0 aromatic heterocycles. The Morgan fingerprint density at radius 2 is 1.90 bits per heavy atom. The molecule has 20 heavy (non-hydrogen) atoms. The van der Waals surface area contributed by atoms with E-state index in [0.717, 1.165) is 18.1 Å². The standard InChI is InChI=1S/C15H13ClFNO2/c16-9-8-10-4-6-11(7-5-10)18-15(20)14-12(17)2-1-3-13(14)19/h1-7,19H,8-9H2,(H,18,20). The molecule has 2 aromatic carbocycles. The summed E-state index contributed by atoms with van der Waals surface area (Å²) in [6.07, 6.45) is 0.740. The van der Waals surface area contributed by atoms with Crippen molar-refractivity contribution in [1.29, 1.82) is 0 Å². The number of hydrogen-bond donors (Lipinski definition) is 2. The van der Waals surface area contributed by atoms with Crippen LogP contribution < -0.4 is 5.32 Å². The Bertz CT molecular complexity index is 594. The second-order valence-corrected chi connectivity index (χ2v) is 4.60. The van der Waals surface area contributed by atoms with Gasteiger partial charge in [0.2, 0.25) is 0 Å². The molecule has 0 fully saturated rings. The maximum absolute atomic E-state index is 13.5. The normalized spacial score (nSPS) is 10.3. The Morgan fingerprint density at radius 1 is 1.20 bits per heavy atom. The molecule has 0 atom stereocenters. The molecule has 0 saturated carbocycles. The number of benzene rings is 2. The molecule has 0 heterocycles. The van der Waals surface area contributed by atoms with E-state index in [-0.39, 0.29) is 11.3 Å². The van der Waals surface area contributed by atoms with Gasteiger partial charge in [0, 0.05) is 11.6 Å². The third-order valence-electron chi connectivity index (χ3n) is 2.81. The molecule has 0 spiro atoms. The minimum absolute atomic E-state index is 0.364. The lowest BCUT2D eigenvalue weighted by Crippen LogP contribution is -2.14. The highest BCUT2D eigenvalue weighted by Gasteiger charge is 2.16. The van der Waals surface area contributed by atoms with Crippen LogP contribution in [0.15, 0.2) is 42.5 Å². The molecule has 0 aliphatic carbocycles. The summed E-state index contributed by atoms with van der Waals surface area (Å²) >= 11 is 5.64. The van der Waals surface area contributed by atoms with E-state index in [2.05, 4.69) is 5.32 Å². The molecule has 0 aliphatic rings. The van der Waals surface area contributed by atoms with Crippen molar-refractivity contribution in [3.05, 3.63) is 59.4 Å². The lowest BCUT2D eigenvalue weighted by Gasteiger charge is -2.08. The summed E-state index contributed by atoms with van der Waals surface area (Å²) in [6, 6.07) is 10.8. The van der Waals surface area contributed by atoms with Crippen LogP contribution in [-0.2, 0) is 6.42 Å². The van der Waals surface area contributed by atoms with Crippen molar-refractivity contribution in [1.82, 2.24) is 0 Å². The average molecular weight is 294 g/mol. The van der Waals surface area contributed by atoms with E-state index < -0.39 is 11.7 Å². The number of amides is 1. The summed E-state index contributed by atoms with van der Waals surface area (Å²) < 4.78 is 13.5. The molecule has 2 aromatic rings. The monoisotopic (exact) mass is 293 g/mol. The quantitative estimate of drug-likeness (QED) is 0.847. The molecule has 0 saturated heterocycles. The van der Waals surface area contributed by atoms with E-state index >= 15 is 0 Å². The molecule has 2 N–H and O–H groups in total. The molecule has 104 valence electrons. The van der Waals surface area contributed by atoms with Crippen molar-refractivity contribution in [3.8, 4) is 5.75 Å². The zero-order valence-electron chi connectivity index (χ0n) is 10.6. The third-order valence-corrected chi connectivity index (χ3v) is 3.00. The molecule has 2 rings (SSSR count). The predicted molar refractivity (Wildman–Crippen MR) is 76.9 cm³/mol. The van der Waals surface area contributed by atoms with Gasteiger partial charge in [0.05, 0.1) is 0 Å². The van der Waals surface area contributed by atoms with Crippen molar-refractivity contribution >= 4 is 23.2 Å². The van der Waals surface area contributed by atoms with Gasteiger partial charge in [-0.1, -0.05) is 18.2 Å². The van der Waals surface area contributed by atoms with Gasteiger partial charge in [0.15, 0.2) is 0 Å². The van der Waals surface area contributed by atoms with Gasteiger partial charge >= 0.3 is 0 Å². The first-order valence-corrected chi connectivity index (χ1v) is 6.59. The van der Waals surface area contributed by atoms with E-state index in [4.69, 9.17) is 11.6 Å².